The maximum atomic E-state index is 9.96. The van der Waals surface area contributed by atoms with Crippen LogP contribution in [0.5, 0.6) is 0 Å². The van der Waals surface area contributed by atoms with Crippen molar-refractivity contribution < 1.29 is 9.84 Å². The van der Waals surface area contributed by atoms with Crippen LogP contribution in [0.3, 0.4) is 0 Å². The first-order valence-corrected chi connectivity index (χ1v) is 6.01. The van der Waals surface area contributed by atoms with Crippen molar-refractivity contribution >= 4 is 0 Å². The first-order valence-electron chi connectivity index (χ1n) is 6.01. The van der Waals surface area contributed by atoms with Gasteiger partial charge in [0.2, 0.25) is 0 Å². The molecule has 1 saturated heterocycles. The van der Waals surface area contributed by atoms with Crippen LogP contribution in [-0.2, 0) is 18.2 Å². The number of aryl methyl sites for hydroxylation is 1. The number of aliphatic hydroxyl groups is 1. The summed E-state index contributed by atoms with van der Waals surface area (Å²) >= 11 is 0. The monoisotopic (exact) mass is 224 g/mol. The normalized spacial score (nSPS) is 23.2. The third-order valence-electron chi connectivity index (χ3n) is 3.15. The molecule has 4 nitrogen and oxygen atoms in total. The average Bonchev–Trinajstić information content (AvgIpc) is 2.66. The molecule has 2 atom stereocenters. The minimum atomic E-state index is -0.343. The zero-order valence-corrected chi connectivity index (χ0v) is 9.80. The molecule has 1 aliphatic heterocycles. The first kappa shape index (κ1) is 11.6. The highest BCUT2D eigenvalue weighted by atomic mass is 16.5. The van der Waals surface area contributed by atoms with Crippen LogP contribution < -0.4 is 0 Å². The van der Waals surface area contributed by atoms with Gasteiger partial charge in [-0.1, -0.05) is 0 Å². The zero-order valence-electron chi connectivity index (χ0n) is 9.80. The van der Waals surface area contributed by atoms with Crippen molar-refractivity contribution in [3.63, 3.8) is 0 Å². The molecule has 1 fully saturated rings. The molecule has 1 aromatic heterocycles. The van der Waals surface area contributed by atoms with Crippen molar-refractivity contribution in [1.29, 1.82) is 0 Å². The third-order valence-corrected chi connectivity index (χ3v) is 3.15. The van der Waals surface area contributed by atoms with Gasteiger partial charge in [-0.25, -0.2) is 4.98 Å². The van der Waals surface area contributed by atoms with Crippen molar-refractivity contribution in [2.24, 2.45) is 7.05 Å². The Hall–Kier alpha value is -0.870. The van der Waals surface area contributed by atoms with Gasteiger partial charge in [-0.05, 0) is 25.7 Å². The lowest BCUT2D eigenvalue weighted by Gasteiger charge is -2.24. The highest BCUT2D eigenvalue weighted by molar-refractivity contribution is 4.93. The van der Waals surface area contributed by atoms with Gasteiger partial charge in [0.25, 0.3) is 0 Å². The molecule has 0 spiro atoms. The molecule has 1 aromatic rings. The fourth-order valence-corrected chi connectivity index (χ4v) is 2.18. The molecule has 16 heavy (non-hydrogen) atoms. The lowest BCUT2D eigenvalue weighted by atomic mass is 10.0. The van der Waals surface area contributed by atoms with E-state index in [1.54, 1.807) is 6.20 Å². The Kier molecular flexibility index (Phi) is 3.96. The summed E-state index contributed by atoms with van der Waals surface area (Å²) in [6, 6.07) is 0. The van der Waals surface area contributed by atoms with Crippen LogP contribution in [0.25, 0.3) is 0 Å². The van der Waals surface area contributed by atoms with E-state index in [1.165, 1.54) is 6.42 Å². The van der Waals surface area contributed by atoms with Gasteiger partial charge in [0.1, 0.15) is 5.82 Å². The number of hydrogen-bond donors (Lipinski definition) is 1. The molecule has 0 amide bonds. The van der Waals surface area contributed by atoms with Crippen LogP contribution in [0.15, 0.2) is 12.4 Å². The van der Waals surface area contributed by atoms with Gasteiger partial charge in [0.05, 0.1) is 12.2 Å². The first-order chi connectivity index (χ1) is 7.75. The van der Waals surface area contributed by atoms with E-state index in [-0.39, 0.29) is 12.2 Å². The summed E-state index contributed by atoms with van der Waals surface area (Å²) in [5, 5.41) is 9.96. The van der Waals surface area contributed by atoms with Crippen LogP contribution >= 0.6 is 0 Å². The van der Waals surface area contributed by atoms with E-state index in [9.17, 15) is 5.11 Å². The summed E-state index contributed by atoms with van der Waals surface area (Å²) < 4.78 is 7.56. The summed E-state index contributed by atoms with van der Waals surface area (Å²) in [4.78, 5) is 4.21. The Morgan fingerprint density at radius 1 is 1.62 bits per heavy atom. The second-order valence-electron chi connectivity index (χ2n) is 4.54. The molecular formula is C12H20N2O2. The number of ether oxygens (including phenoxy) is 1. The fraction of sp³-hybridized carbons (Fsp3) is 0.750. The Morgan fingerprint density at radius 3 is 3.12 bits per heavy atom. The topological polar surface area (TPSA) is 47.3 Å². The summed E-state index contributed by atoms with van der Waals surface area (Å²) in [7, 11) is 1.95. The minimum absolute atomic E-state index is 0.240. The van der Waals surface area contributed by atoms with E-state index in [0.29, 0.717) is 6.42 Å². The van der Waals surface area contributed by atoms with Crippen molar-refractivity contribution in [1.82, 2.24) is 9.55 Å². The number of aliphatic hydroxyl groups excluding tert-OH is 1. The summed E-state index contributed by atoms with van der Waals surface area (Å²) in [5.41, 5.74) is 0. The molecule has 4 heteroatoms. The number of hydrogen-bond acceptors (Lipinski definition) is 3. The van der Waals surface area contributed by atoms with Gasteiger partial charge in [-0.15, -0.1) is 0 Å². The van der Waals surface area contributed by atoms with Gasteiger partial charge in [-0.3, -0.25) is 0 Å². The lowest BCUT2D eigenvalue weighted by Crippen LogP contribution is -2.26. The van der Waals surface area contributed by atoms with Crippen LogP contribution in [-0.4, -0.2) is 33.5 Å². The molecule has 1 N–H and O–H groups in total. The van der Waals surface area contributed by atoms with Gasteiger partial charge in [0.15, 0.2) is 0 Å². The Balaban J connectivity index is 1.79. The maximum Gasteiger partial charge on any atom is 0.110 e. The van der Waals surface area contributed by atoms with E-state index >= 15 is 0 Å². The standard InChI is InChI=1S/C12H20N2O2/c1-14-6-5-13-12(14)9-10(15)8-11-4-2-3-7-16-11/h5-6,10-11,15H,2-4,7-9H2,1H3. The summed E-state index contributed by atoms with van der Waals surface area (Å²) in [6.07, 6.45) is 8.37. The predicted molar refractivity (Wildman–Crippen MR) is 61.1 cm³/mol. The number of aromatic nitrogens is 2. The molecule has 90 valence electrons. The molecule has 0 radical (unpaired) electrons. The molecule has 2 heterocycles. The molecule has 2 rings (SSSR count). The smallest absolute Gasteiger partial charge is 0.110 e. The van der Waals surface area contributed by atoms with Crippen molar-refractivity contribution in [3.8, 4) is 0 Å². The second kappa shape index (κ2) is 5.46. The van der Waals surface area contributed by atoms with E-state index in [4.69, 9.17) is 4.74 Å². The van der Waals surface area contributed by atoms with E-state index in [2.05, 4.69) is 4.98 Å². The van der Waals surface area contributed by atoms with E-state index < -0.39 is 0 Å². The van der Waals surface area contributed by atoms with E-state index in [1.807, 2.05) is 17.8 Å². The van der Waals surface area contributed by atoms with Crippen molar-refractivity contribution in [2.45, 2.75) is 44.3 Å². The maximum absolute atomic E-state index is 9.96. The quantitative estimate of drug-likeness (QED) is 0.838. The highest BCUT2D eigenvalue weighted by Gasteiger charge is 2.19. The molecular weight excluding hydrogens is 204 g/mol. The van der Waals surface area contributed by atoms with Gasteiger partial charge in [0, 0.05) is 32.5 Å². The van der Waals surface area contributed by atoms with E-state index in [0.717, 1.165) is 31.7 Å². The zero-order chi connectivity index (χ0) is 11.4. The Labute approximate surface area is 96.3 Å². The Morgan fingerprint density at radius 2 is 2.50 bits per heavy atom. The number of rotatable bonds is 4. The molecule has 0 aromatic carbocycles. The van der Waals surface area contributed by atoms with Crippen LogP contribution in [0.2, 0.25) is 0 Å². The molecule has 0 saturated carbocycles. The van der Waals surface area contributed by atoms with Crippen molar-refractivity contribution in [2.75, 3.05) is 6.61 Å². The third kappa shape index (κ3) is 3.06. The number of imidazole rings is 1. The largest absolute Gasteiger partial charge is 0.393 e. The highest BCUT2D eigenvalue weighted by Crippen LogP contribution is 2.18. The molecule has 2 unspecified atom stereocenters. The molecule has 0 aliphatic carbocycles. The minimum Gasteiger partial charge on any atom is -0.393 e. The predicted octanol–water partition coefficient (Wildman–Crippen LogP) is 1.28. The van der Waals surface area contributed by atoms with Gasteiger partial charge < -0.3 is 14.4 Å². The van der Waals surface area contributed by atoms with Crippen molar-refractivity contribution in [3.05, 3.63) is 18.2 Å². The van der Waals surface area contributed by atoms with Crippen LogP contribution in [0, 0.1) is 0 Å². The van der Waals surface area contributed by atoms with Gasteiger partial charge in [-0.2, -0.15) is 0 Å². The fourth-order valence-electron chi connectivity index (χ4n) is 2.18. The average molecular weight is 224 g/mol. The summed E-state index contributed by atoms with van der Waals surface area (Å²) in [6.45, 7) is 0.847. The second-order valence-corrected chi connectivity index (χ2v) is 4.54. The SMILES string of the molecule is Cn1ccnc1CC(O)CC1CCCCO1. The molecule has 0 bridgehead atoms. The molecule has 1 aliphatic rings. The lowest BCUT2D eigenvalue weighted by molar-refractivity contribution is -0.0151. The van der Waals surface area contributed by atoms with Crippen LogP contribution in [0.1, 0.15) is 31.5 Å². The van der Waals surface area contributed by atoms with Crippen LogP contribution in [0.4, 0.5) is 0 Å². The van der Waals surface area contributed by atoms with Gasteiger partial charge >= 0.3 is 0 Å². The number of nitrogens with zero attached hydrogens (tertiary/aromatic N) is 2. The summed E-state index contributed by atoms with van der Waals surface area (Å²) in [5.74, 6) is 0.934. The Bertz CT molecular complexity index is 319.